The van der Waals surface area contributed by atoms with Crippen LogP contribution in [0.4, 0.5) is 0 Å². The number of ether oxygens (including phenoxy) is 2. The Bertz CT molecular complexity index is 616. The minimum Gasteiger partial charge on any atom is -0.485 e. The highest BCUT2D eigenvalue weighted by Crippen LogP contribution is 2.40. The molecule has 0 saturated heterocycles. The van der Waals surface area contributed by atoms with Crippen LogP contribution in [-0.4, -0.2) is 12.1 Å². The molecule has 0 bridgehead atoms. The topological polar surface area (TPSA) is 57.4 Å². The van der Waals surface area contributed by atoms with Gasteiger partial charge >= 0.3 is 0 Å². The summed E-state index contributed by atoms with van der Waals surface area (Å²) in [5, 5.41) is 0. The minimum absolute atomic E-state index is 0.0386. The lowest BCUT2D eigenvalue weighted by molar-refractivity contribution is 0.161. The largest absolute Gasteiger partial charge is 0.485 e. The first kappa shape index (κ1) is 13.4. The van der Waals surface area contributed by atoms with E-state index in [1.54, 1.807) is 13.3 Å². The van der Waals surface area contributed by atoms with Crippen molar-refractivity contribution in [2.24, 2.45) is 5.73 Å². The van der Waals surface area contributed by atoms with Gasteiger partial charge in [-0.1, -0.05) is 15.9 Å². The summed E-state index contributed by atoms with van der Waals surface area (Å²) in [5.74, 6) is 1.44. The van der Waals surface area contributed by atoms with Crippen LogP contribution < -0.4 is 15.2 Å². The summed E-state index contributed by atoms with van der Waals surface area (Å²) in [6, 6.07) is 9.68. The van der Waals surface area contributed by atoms with Gasteiger partial charge in [-0.15, -0.1) is 0 Å². The predicted octanol–water partition coefficient (Wildman–Crippen LogP) is 3.38. The van der Waals surface area contributed by atoms with Crippen molar-refractivity contribution in [2.75, 3.05) is 7.11 Å². The predicted molar refractivity (Wildman–Crippen MR) is 79.8 cm³/mol. The molecule has 2 atom stereocenters. The van der Waals surface area contributed by atoms with Crippen LogP contribution in [-0.2, 0) is 0 Å². The van der Waals surface area contributed by atoms with Crippen LogP contribution in [0, 0.1) is 0 Å². The smallest absolute Gasteiger partial charge is 0.212 e. The monoisotopic (exact) mass is 334 g/mol. The molecule has 0 fully saturated rings. The van der Waals surface area contributed by atoms with Crippen LogP contribution in [0.25, 0.3) is 0 Å². The lowest BCUT2D eigenvalue weighted by Crippen LogP contribution is -2.24. The lowest BCUT2D eigenvalue weighted by atomic mass is 9.94. The van der Waals surface area contributed by atoms with Gasteiger partial charge in [-0.05, 0) is 24.3 Å². The van der Waals surface area contributed by atoms with Crippen molar-refractivity contribution in [3.8, 4) is 11.6 Å². The maximum absolute atomic E-state index is 6.25. The Morgan fingerprint density at radius 1 is 1.35 bits per heavy atom. The Balaban J connectivity index is 1.88. The van der Waals surface area contributed by atoms with E-state index < -0.39 is 0 Å². The highest BCUT2D eigenvalue weighted by Gasteiger charge is 2.27. The van der Waals surface area contributed by atoms with Gasteiger partial charge in [0.1, 0.15) is 11.9 Å². The number of rotatable bonds is 2. The van der Waals surface area contributed by atoms with Crippen LogP contribution in [0.15, 0.2) is 41.0 Å². The van der Waals surface area contributed by atoms with Crippen LogP contribution >= 0.6 is 15.9 Å². The Morgan fingerprint density at radius 2 is 2.20 bits per heavy atom. The first-order valence-corrected chi connectivity index (χ1v) is 7.18. The van der Waals surface area contributed by atoms with Crippen molar-refractivity contribution < 1.29 is 9.47 Å². The first-order chi connectivity index (χ1) is 9.67. The number of methoxy groups -OCH3 is 1. The molecule has 1 aromatic carbocycles. The fourth-order valence-electron chi connectivity index (χ4n) is 2.38. The number of hydrogen-bond donors (Lipinski definition) is 1. The van der Waals surface area contributed by atoms with Crippen molar-refractivity contribution in [3.63, 3.8) is 0 Å². The van der Waals surface area contributed by atoms with Gasteiger partial charge in [-0.25, -0.2) is 4.98 Å². The molecular formula is C15H15BrN2O2. The highest BCUT2D eigenvalue weighted by molar-refractivity contribution is 9.10. The third-order valence-electron chi connectivity index (χ3n) is 3.45. The van der Waals surface area contributed by atoms with E-state index in [0.29, 0.717) is 5.88 Å². The van der Waals surface area contributed by atoms with Crippen LogP contribution in [0.2, 0.25) is 0 Å². The molecule has 1 aliphatic rings. The molecule has 4 nitrogen and oxygen atoms in total. The number of aromatic nitrogens is 1. The summed E-state index contributed by atoms with van der Waals surface area (Å²) in [6.45, 7) is 0. The molecule has 0 spiro atoms. The second-order valence-electron chi connectivity index (χ2n) is 4.76. The average molecular weight is 335 g/mol. The molecule has 2 N–H and O–H groups in total. The molecule has 2 heterocycles. The molecule has 1 aliphatic heterocycles. The van der Waals surface area contributed by atoms with Gasteiger partial charge in [0, 0.05) is 40.3 Å². The maximum atomic E-state index is 6.25. The Morgan fingerprint density at radius 3 is 2.90 bits per heavy atom. The standard InChI is InChI=1S/C15H15BrN2O2/c1-19-15-5-2-9(8-18-15)14-7-12(17)11-6-10(16)3-4-13(11)20-14/h2-6,8,12,14H,7,17H2,1H3. The Labute approximate surface area is 126 Å². The first-order valence-electron chi connectivity index (χ1n) is 6.39. The molecular weight excluding hydrogens is 320 g/mol. The van der Waals surface area contributed by atoms with Gasteiger partial charge < -0.3 is 15.2 Å². The lowest BCUT2D eigenvalue weighted by Gasteiger charge is -2.30. The van der Waals surface area contributed by atoms with Gasteiger partial charge in [-0.2, -0.15) is 0 Å². The van der Waals surface area contributed by atoms with Crippen LogP contribution in [0.5, 0.6) is 11.6 Å². The highest BCUT2D eigenvalue weighted by atomic mass is 79.9. The number of nitrogens with two attached hydrogens (primary N) is 1. The van der Waals surface area contributed by atoms with E-state index in [0.717, 1.165) is 27.8 Å². The zero-order chi connectivity index (χ0) is 14.1. The fraction of sp³-hybridized carbons (Fsp3) is 0.267. The van der Waals surface area contributed by atoms with Gasteiger partial charge in [0.05, 0.1) is 7.11 Å². The number of halogens is 1. The normalized spacial score (nSPS) is 20.9. The molecule has 1 aromatic heterocycles. The zero-order valence-electron chi connectivity index (χ0n) is 11.0. The van der Waals surface area contributed by atoms with Crippen molar-refractivity contribution in [3.05, 3.63) is 52.1 Å². The van der Waals surface area contributed by atoms with Gasteiger partial charge in [0.15, 0.2) is 0 Å². The summed E-state index contributed by atoms with van der Waals surface area (Å²) >= 11 is 3.46. The Kier molecular flexibility index (Phi) is 3.63. The van der Waals surface area contributed by atoms with E-state index in [1.807, 2.05) is 30.3 Å². The van der Waals surface area contributed by atoms with Gasteiger partial charge in [0.25, 0.3) is 0 Å². The van der Waals surface area contributed by atoms with Gasteiger partial charge in [-0.3, -0.25) is 0 Å². The van der Waals surface area contributed by atoms with Crippen LogP contribution in [0.1, 0.15) is 29.7 Å². The molecule has 5 heteroatoms. The number of hydrogen-bond acceptors (Lipinski definition) is 4. The van der Waals surface area contributed by atoms with E-state index in [4.69, 9.17) is 15.2 Å². The molecule has 0 aliphatic carbocycles. The number of nitrogens with zero attached hydrogens (tertiary/aromatic N) is 1. The third-order valence-corrected chi connectivity index (χ3v) is 3.94. The summed E-state index contributed by atoms with van der Waals surface area (Å²) in [5.41, 5.74) is 8.30. The summed E-state index contributed by atoms with van der Waals surface area (Å²) < 4.78 is 12.1. The van der Waals surface area contributed by atoms with Crippen molar-refractivity contribution in [1.82, 2.24) is 4.98 Å². The zero-order valence-corrected chi connectivity index (χ0v) is 12.6. The molecule has 2 aromatic rings. The summed E-state index contributed by atoms with van der Waals surface area (Å²) in [7, 11) is 1.60. The van der Waals surface area contributed by atoms with E-state index in [2.05, 4.69) is 20.9 Å². The maximum Gasteiger partial charge on any atom is 0.212 e. The number of fused-ring (bicyclic) bond motifs is 1. The fourth-order valence-corrected chi connectivity index (χ4v) is 2.76. The SMILES string of the molecule is COc1ccc(C2CC(N)c3cc(Br)ccc3O2)cn1. The second-order valence-corrected chi connectivity index (χ2v) is 5.68. The molecule has 0 radical (unpaired) electrons. The molecule has 2 unspecified atom stereocenters. The summed E-state index contributed by atoms with van der Waals surface area (Å²) in [6.07, 6.45) is 2.44. The van der Waals surface area contributed by atoms with E-state index in [1.165, 1.54) is 0 Å². The average Bonchev–Trinajstić information content (AvgIpc) is 2.48. The molecule has 0 saturated carbocycles. The molecule has 20 heavy (non-hydrogen) atoms. The van der Waals surface area contributed by atoms with E-state index in [-0.39, 0.29) is 12.1 Å². The van der Waals surface area contributed by atoms with Gasteiger partial charge in [0.2, 0.25) is 5.88 Å². The third kappa shape index (κ3) is 2.51. The van der Waals surface area contributed by atoms with E-state index in [9.17, 15) is 0 Å². The number of pyridine rings is 1. The quantitative estimate of drug-likeness (QED) is 0.914. The molecule has 104 valence electrons. The second kappa shape index (κ2) is 5.42. The Hall–Kier alpha value is -1.59. The summed E-state index contributed by atoms with van der Waals surface area (Å²) in [4.78, 5) is 4.22. The van der Waals surface area contributed by atoms with Crippen molar-refractivity contribution in [1.29, 1.82) is 0 Å². The van der Waals surface area contributed by atoms with Crippen LogP contribution in [0.3, 0.4) is 0 Å². The number of benzene rings is 1. The van der Waals surface area contributed by atoms with Crippen molar-refractivity contribution in [2.45, 2.75) is 18.6 Å². The van der Waals surface area contributed by atoms with E-state index >= 15 is 0 Å². The minimum atomic E-state index is -0.0721. The van der Waals surface area contributed by atoms with Crippen molar-refractivity contribution >= 4 is 15.9 Å². The molecule has 0 amide bonds. The molecule has 3 rings (SSSR count).